The molecule has 1 aromatic heterocycles. The second-order valence-corrected chi connectivity index (χ2v) is 9.99. The summed E-state index contributed by atoms with van der Waals surface area (Å²) in [6.07, 6.45) is 4.10. The predicted octanol–water partition coefficient (Wildman–Crippen LogP) is 5.80. The fourth-order valence-electron chi connectivity index (χ4n) is 3.53. The number of rotatable bonds is 10. The van der Waals surface area contributed by atoms with Gasteiger partial charge in [-0.15, -0.1) is 0 Å². The molecule has 0 saturated heterocycles. The molecule has 1 heterocycles. The highest BCUT2D eigenvalue weighted by Gasteiger charge is 2.42. The summed E-state index contributed by atoms with van der Waals surface area (Å²) in [6, 6.07) is 12.5. The maximum absolute atomic E-state index is 13.4. The lowest BCUT2D eigenvalue weighted by molar-refractivity contribution is 0.196. The van der Waals surface area contributed by atoms with Crippen molar-refractivity contribution < 1.29 is 17.6 Å². The Balaban J connectivity index is 2.43. The Kier molecular flexibility index (Phi) is 7.53. The number of allylic oxidation sites excluding steroid dienone is 1. The molecule has 1 aromatic carbocycles. The molecule has 0 saturated carbocycles. The third kappa shape index (κ3) is 4.69. The Bertz CT molecular complexity index is 863. The largest absolute Gasteiger partial charge is 0.497 e. The first-order chi connectivity index (χ1) is 13.3. The van der Waals surface area contributed by atoms with E-state index >= 15 is 0 Å². The zero-order valence-corrected chi connectivity index (χ0v) is 18.4. The van der Waals surface area contributed by atoms with Crippen molar-refractivity contribution in [3.05, 3.63) is 65.8 Å². The van der Waals surface area contributed by atoms with Gasteiger partial charge in [-0.25, -0.2) is 8.42 Å². The van der Waals surface area contributed by atoms with Crippen LogP contribution < -0.4 is 0 Å². The van der Waals surface area contributed by atoms with Crippen molar-refractivity contribution in [2.24, 2.45) is 5.92 Å². The molecular weight excluding hydrogens is 372 g/mol. The van der Waals surface area contributed by atoms with Crippen LogP contribution in [0.3, 0.4) is 0 Å². The molecule has 0 radical (unpaired) electrons. The number of hydrogen-bond acceptors (Lipinski definition) is 4. The average molecular weight is 405 g/mol. The van der Waals surface area contributed by atoms with Crippen molar-refractivity contribution >= 4 is 9.84 Å². The minimum atomic E-state index is -3.61. The summed E-state index contributed by atoms with van der Waals surface area (Å²) in [4.78, 5) is 0.316. The van der Waals surface area contributed by atoms with Crippen molar-refractivity contribution in [1.82, 2.24) is 0 Å². The summed E-state index contributed by atoms with van der Waals surface area (Å²) in [5.41, 5.74) is 1.05. The Morgan fingerprint density at radius 2 is 1.79 bits per heavy atom. The Labute approximate surface area is 169 Å². The van der Waals surface area contributed by atoms with E-state index < -0.39 is 14.6 Å². The summed E-state index contributed by atoms with van der Waals surface area (Å²) in [5.74, 6) is 1.70. The third-order valence-corrected chi connectivity index (χ3v) is 7.65. The first kappa shape index (κ1) is 22.3. The molecule has 0 fully saturated rings. The Hall–Kier alpha value is -2.01. The van der Waals surface area contributed by atoms with Crippen LogP contribution in [0.25, 0.3) is 0 Å². The fourth-order valence-corrected chi connectivity index (χ4v) is 5.07. The zero-order valence-electron chi connectivity index (χ0n) is 17.6. The smallest absolute Gasteiger partial charge is 0.190 e. The molecular formula is C23H32O4S. The molecule has 0 amide bonds. The van der Waals surface area contributed by atoms with Gasteiger partial charge < -0.3 is 9.15 Å². The van der Waals surface area contributed by atoms with Gasteiger partial charge in [0.1, 0.15) is 16.3 Å². The number of aryl methyl sites for hydroxylation is 1. The van der Waals surface area contributed by atoms with Crippen molar-refractivity contribution in [3.8, 4) is 0 Å². The van der Waals surface area contributed by atoms with Crippen molar-refractivity contribution in [3.63, 3.8) is 0 Å². The van der Waals surface area contributed by atoms with Crippen LogP contribution in [-0.4, -0.2) is 19.8 Å². The number of ether oxygens (including phenoxy) is 1. The summed E-state index contributed by atoms with van der Waals surface area (Å²) >= 11 is 0. The molecule has 4 nitrogen and oxygen atoms in total. The van der Waals surface area contributed by atoms with Gasteiger partial charge in [0, 0.05) is 6.42 Å². The SMILES string of the molecule is CCO/C(=C(/CC)C(C)CCc1ccco1)C(C)(C)S(=O)(=O)c1ccccc1. The van der Waals surface area contributed by atoms with Crippen LogP contribution in [0.1, 0.15) is 53.2 Å². The minimum Gasteiger partial charge on any atom is -0.497 e. The zero-order chi connectivity index (χ0) is 20.8. The van der Waals surface area contributed by atoms with Crippen LogP contribution in [0.4, 0.5) is 0 Å². The quantitative estimate of drug-likeness (QED) is 0.470. The van der Waals surface area contributed by atoms with E-state index in [1.807, 2.05) is 25.1 Å². The standard InChI is InChI=1S/C23H32O4S/c1-6-21(18(3)15-16-19-12-11-17-27-19)22(26-7-2)23(4,5)28(24,25)20-13-9-8-10-14-20/h8-14,17-18H,6-7,15-16H2,1-5H3/b22-21-. The molecule has 1 atom stereocenters. The van der Waals surface area contributed by atoms with Crippen molar-refractivity contribution in [2.75, 3.05) is 6.61 Å². The van der Waals surface area contributed by atoms with Crippen LogP contribution in [0.5, 0.6) is 0 Å². The first-order valence-electron chi connectivity index (χ1n) is 9.94. The number of furan rings is 1. The van der Waals surface area contributed by atoms with Gasteiger partial charge in [0.15, 0.2) is 9.84 Å². The molecule has 28 heavy (non-hydrogen) atoms. The normalized spacial score (nSPS) is 14.5. The van der Waals surface area contributed by atoms with E-state index in [4.69, 9.17) is 9.15 Å². The molecule has 5 heteroatoms. The van der Waals surface area contributed by atoms with Crippen LogP contribution in [0.15, 0.2) is 69.4 Å². The van der Waals surface area contributed by atoms with E-state index in [2.05, 4.69) is 13.8 Å². The van der Waals surface area contributed by atoms with E-state index in [-0.39, 0.29) is 5.92 Å². The first-order valence-corrected chi connectivity index (χ1v) is 11.4. The lowest BCUT2D eigenvalue weighted by Gasteiger charge is -2.32. The van der Waals surface area contributed by atoms with Crippen LogP contribution in [0.2, 0.25) is 0 Å². The molecule has 1 unspecified atom stereocenters. The molecule has 0 N–H and O–H groups in total. The van der Waals surface area contributed by atoms with Gasteiger partial charge in [-0.2, -0.15) is 0 Å². The number of benzene rings is 1. The summed E-state index contributed by atoms with van der Waals surface area (Å²) < 4.78 is 37.1. The molecule has 0 spiro atoms. The van der Waals surface area contributed by atoms with E-state index in [0.717, 1.165) is 30.6 Å². The average Bonchev–Trinajstić information content (AvgIpc) is 3.20. The molecule has 2 rings (SSSR count). The van der Waals surface area contributed by atoms with Gasteiger partial charge >= 0.3 is 0 Å². The molecule has 0 aliphatic heterocycles. The second kappa shape index (κ2) is 9.46. The van der Waals surface area contributed by atoms with Crippen LogP contribution in [-0.2, 0) is 21.0 Å². The highest BCUT2D eigenvalue weighted by Crippen LogP contribution is 2.38. The number of sulfone groups is 1. The van der Waals surface area contributed by atoms with E-state index in [1.165, 1.54) is 0 Å². The lowest BCUT2D eigenvalue weighted by Crippen LogP contribution is -2.37. The minimum absolute atomic E-state index is 0.182. The van der Waals surface area contributed by atoms with Crippen LogP contribution in [0, 0.1) is 5.92 Å². The Morgan fingerprint density at radius 3 is 2.32 bits per heavy atom. The molecule has 154 valence electrons. The lowest BCUT2D eigenvalue weighted by atomic mass is 9.89. The highest BCUT2D eigenvalue weighted by atomic mass is 32.2. The summed E-state index contributed by atoms with van der Waals surface area (Å²) in [5, 5.41) is 0. The van der Waals surface area contributed by atoms with Crippen LogP contribution >= 0.6 is 0 Å². The summed E-state index contributed by atoms with van der Waals surface area (Å²) in [6.45, 7) is 10.0. The Morgan fingerprint density at radius 1 is 1.11 bits per heavy atom. The second-order valence-electron chi connectivity index (χ2n) is 7.49. The highest BCUT2D eigenvalue weighted by molar-refractivity contribution is 7.93. The van der Waals surface area contributed by atoms with E-state index in [0.29, 0.717) is 17.3 Å². The monoisotopic (exact) mass is 404 g/mol. The summed E-state index contributed by atoms with van der Waals surface area (Å²) in [7, 11) is -3.61. The van der Waals surface area contributed by atoms with Gasteiger partial charge in [0.05, 0.1) is 17.8 Å². The maximum atomic E-state index is 13.4. The fraction of sp³-hybridized carbons (Fsp3) is 0.478. The molecule has 0 bridgehead atoms. The number of hydrogen-bond donors (Lipinski definition) is 0. The van der Waals surface area contributed by atoms with Gasteiger partial charge in [-0.3, -0.25) is 0 Å². The van der Waals surface area contributed by atoms with Gasteiger partial charge in [0.25, 0.3) is 0 Å². The van der Waals surface area contributed by atoms with E-state index in [1.54, 1.807) is 44.4 Å². The van der Waals surface area contributed by atoms with Gasteiger partial charge in [-0.1, -0.05) is 32.0 Å². The third-order valence-electron chi connectivity index (χ3n) is 5.23. The topological polar surface area (TPSA) is 56.5 Å². The van der Waals surface area contributed by atoms with Gasteiger partial charge in [-0.05, 0) is 69.4 Å². The van der Waals surface area contributed by atoms with E-state index in [9.17, 15) is 8.42 Å². The predicted molar refractivity (Wildman–Crippen MR) is 113 cm³/mol. The maximum Gasteiger partial charge on any atom is 0.190 e. The van der Waals surface area contributed by atoms with Crippen molar-refractivity contribution in [2.45, 2.75) is 63.5 Å². The molecule has 0 aliphatic carbocycles. The van der Waals surface area contributed by atoms with Crippen molar-refractivity contribution in [1.29, 1.82) is 0 Å². The molecule has 2 aromatic rings. The molecule has 0 aliphatic rings. The van der Waals surface area contributed by atoms with Gasteiger partial charge in [0.2, 0.25) is 0 Å².